The molecule has 0 saturated heterocycles. The Kier molecular flexibility index (Phi) is 4.07. The third-order valence-electron chi connectivity index (χ3n) is 3.77. The molecule has 1 saturated carbocycles. The Morgan fingerprint density at radius 3 is 2.72 bits per heavy atom. The van der Waals surface area contributed by atoms with E-state index in [0.717, 1.165) is 18.4 Å². The van der Waals surface area contributed by atoms with Crippen molar-refractivity contribution in [3.8, 4) is 0 Å². The highest BCUT2D eigenvalue weighted by atomic mass is 32.1. The van der Waals surface area contributed by atoms with Gasteiger partial charge in [0.1, 0.15) is 0 Å². The molecule has 18 heavy (non-hydrogen) atoms. The van der Waals surface area contributed by atoms with Gasteiger partial charge < -0.3 is 5.73 Å². The maximum atomic E-state index is 11.1. The number of nitrogens with two attached hydrogens (primary N) is 1. The molecule has 2 rings (SSSR count). The molecular formula is C14H22N2OS. The lowest BCUT2D eigenvalue weighted by atomic mass is 10.2. The molecule has 3 nitrogen and oxygen atoms in total. The molecule has 0 spiro atoms. The smallest absolute Gasteiger partial charge is 0.249 e. The topological polar surface area (TPSA) is 46.3 Å². The highest BCUT2D eigenvalue weighted by molar-refractivity contribution is 7.10. The molecule has 0 unspecified atom stereocenters. The summed E-state index contributed by atoms with van der Waals surface area (Å²) in [7, 11) is 0. The largest absolute Gasteiger partial charge is 0.366 e. The van der Waals surface area contributed by atoms with Gasteiger partial charge in [-0.25, -0.2) is 0 Å². The number of hydrogen-bond donors (Lipinski definition) is 1. The molecule has 1 aromatic heterocycles. The Hall–Kier alpha value is -0.870. The molecule has 1 amide bonds. The first-order valence-electron chi connectivity index (χ1n) is 6.58. The lowest BCUT2D eigenvalue weighted by Gasteiger charge is -2.26. The second kappa shape index (κ2) is 5.41. The average molecular weight is 266 g/mol. The summed E-state index contributed by atoms with van der Waals surface area (Å²) in [5, 5.41) is 1.86. The molecule has 0 radical (unpaired) electrons. The molecule has 2 atom stereocenters. The monoisotopic (exact) mass is 266 g/mol. The summed E-state index contributed by atoms with van der Waals surface area (Å²) in [5.41, 5.74) is 5.92. The summed E-state index contributed by atoms with van der Waals surface area (Å²) in [4.78, 5) is 14.8. The number of carbonyl (C=O) groups is 1. The first kappa shape index (κ1) is 13.6. The van der Waals surface area contributed by atoms with Crippen molar-refractivity contribution < 1.29 is 4.79 Å². The maximum Gasteiger partial charge on any atom is 0.249 e. The van der Waals surface area contributed by atoms with E-state index in [-0.39, 0.29) is 5.91 Å². The Morgan fingerprint density at radius 1 is 1.61 bits per heavy atom. The van der Waals surface area contributed by atoms with Crippen LogP contribution < -0.4 is 5.73 Å². The molecule has 0 aliphatic heterocycles. The van der Waals surface area contributed by atoms with Crippen molar-refractivity contribution in [1.29, 1.82) is 0 Å². The molecule has 1 aliphatic rings. The molecule has 0 bridgehead atoms. The van der Waals surface area contributed by atoms with Crippen molar-refractivity contribution in [2.45, 2.75) is 39.8 Å². The number of hydrogen-bond acceptors (Lipinski definition) is 3. The summed E-state index contributed by atoms with van der Waals surface area (Å²) >= 11 is 1.63. The van der Waals surface area contributed by atoms with Crippen molar-refractivity contribution in [1.82, 2.24) is 4.90 Å². The lowest BCUT2D eigenvalue weighted by Crippen LogP contribution is -2.32. The van der Waals surface area contributed by atoms with Crippen LogP contribution in [0.1, 0.15) is 42.4 Å². The van der Waals surface area contributed by atoms with Crippen LogP contribution in [0.25, 0.3) is 0 Å². The Morgan fingerprint density at radius 2 is 2.28 bits per heavy atom. The highest BCUT2D eigenvalue weighted by Gasteiger charge is 2.34. The fourth-order valence-electron chi connectivity index (χ4n) is 2.21. The maximum absolute atomic E-state index is 11.1. The van der Waals surface area contributed by atoms with Gasteiger partial charge in [0.05, 0.1) is 5.56 Å². The number of carbonyl (C=O) groups excluding carboxylic acids is 1. The van der Waals surface area contributed by atoms with Gasteiger partial charge in [0.15, 0.2) is 0 Å². The van der Waals surface area contributed by atoms with E-state index >= 15 is 0 Å². The second-order valence-electron chi connectivity index (χ2n) is 5.66. The summed E-state index contributed by atoms with van der Waals surface area (Å²) in [5.74, 6) is 1.42. The first-order valence-corrected chi connectivity index (χ1v) is 7.46. The van der Waals surface area contributed by atoms with E-state index < -0.39 is 0 Å². The SMILES string of the molecule is CC(C)N(Cc1cc(C(N)=O)cs1)C[C@H]1C[C@H]1C. The normalized spacial score (nSPS) is 22.7. The molecule has 0 aromatic carbocycles. The molecule has 1 aromatic rings. The van der Waals surface area contributed by atoms with E-state index in [9.17, 15) is 4.79 Å². The summed E-state index contributed by atoms with van der Waals surface area (Å²) < 4.78 is 0. The highest BCUT2D eigenvalue weighted by Crippen LogP contribution is 2.38. The van der Waals surface area contributed by atoms with Crippen molar-refractivity contribution in [3.63, 3.8) is 0 Å². The van der Waals surface area contributed by atoms with Crippen LogP contribution in [-0.2, 0) is 6.54 Å². The Labute approximate surface area is 113 Å². The summed E-state index contributed by atoms with van der Waals surface area (Å²) in [6, 6.07) is 2.47. The van der Waals surface area contributed by atoms with E-state index in [1.807, 2.05) is 11.4 Å². The fraction of sp³-hybridized carbons (Fsp3) is 0.643. The van der Waals surface area contributed by atoms with E-state index in [4.69, 9.17) is 5.73 Å². The number of amides is 1. The lowest BCUT2D eigenvalue weighted by molar-refractivity contribution is 0.100. The molecule has 100 valence electrons. The van der Waals surface area contributed by atoms with Crippen LogP contribution in [0.4, 0.5) is 0 Å². The van der Waals surface area contributed by atoms with Gasteiger partial charge in [-0.3, -0.25) is 9.69 Å². The zero-order chi connectivity index (χ0) is 13.3. The number of primary amides is 1. The molecule has 2 N–H and O–H groups in total. The minimum Gasteiger partial charge on any atom is -0.366 e. The zero-order valence-electron chi connectivity index (χ0n) is 11.3. The molecular weight excluding hydrogens is 244 g/mol. The zero-order valence-corrected chi connectivity index (χ0v) is 12.2. The van der Waals surface area contributed by atoms with E-state index in [1.54, 1.807) is 11.3 Å². The third-order valence-corrected chi connectivity index (χ3v) is 4.69. The summed E-state index contributed by atoms with van der Waals surface area (Å²) in [6.45, 7) is 8.88. The van der Waals surface area contributed by atoms with Crippen molar-refractivity contribution >= 4 is 17.2 Å². The predicted molar refractivity (Wildman–Crippen MR) is 75.7 cm³/mol. The van der Waals surface area contributed by atoms with Crippen LogP contribution in [-0.4, -0.2) is 23.4 Å². The van der Waals surface area contributed by atoms with Gasteiger partial charge >= 0.3 is 0 Å². The van der Waals surface area contributed by atoms with E-state index in [2.05, 4.69) is 25.7 Å². The molecule has 1 aliphatic carbocycles. The van der Waals surface area contributed by atoms with Gasteiger partial charge in [-0.05, 0) is 38.2 Å². The first-order chi connectivity index (χ1) is 8.47. The molecule has 1 fully saturated rings. The van der Waals surface area contributed by atoms with Crippen LogP contribution in [0.3, 0.4) is 0 Å². The third kappa shape index (κ3) is 3.33. The second-order valence-corrected chi connectivity index (χ2v) is 6.66. The van der Waals surface area contributed by atoms with Crippen molar-refractivity contribution in [2.75, 3.05) is 6.54 Å². The Balaban J connectivity index is 1.96. The number of thiophene rings is 1. The van der Waals surface area contributed by atoms with Gasteiger partial charge in [-0.15, -0.1) is 11.3 Å². The number of rotatable bonds is 6. The van der Waals surface area contributed by atoms with Crippen LogP contribution in [0.15, 0.2) is 11.4 Å². The minimum atomic E-state index is -0.329. The van der Waals surface area contributed by atoms with Gasteiger partial charge in [-0.1, -0.05) is 6.92 Å². The average Bonchev–Trinajstić information content (AvgIpc) is 2.78. The Bertz CT molecular complexity index is 427. The van der Waals surface area contributed by atoms with Gasteiger partial charge in [0, 0.05) is 29.4 Å². The van der Waals surface area contributed by atoms with E-state index in [1.165, 1.54) is 17.8 Å². The van der Waals surface area contributed by atoms with Gasteiger partial charge in [0.25, 0.3) is 0 Å². The quantitative estimate of drug-likeness (QED) is 0.860. The van der Waals surface area contributed by atoms with Crippen molar-refractivity contribution in [2.24, 2.45) is 17.6 Å². The molecule has 1 heterocycles. The fourth-order valence-corrected chi connectivity index (χ4v) is 3.10. The van der Waals surface area contributed by atoms with Gasteiger partial charge in [0.2, 0.25) is 5.91 Å². The van der Waals surface area contributed by atoms with Crippen LogP contribution in [0, 0.1) is 11.8 Å². The summed E-state index contributed by atoms with van der Waals surface area (Å²) in [6.07, 6.45) is 1.36. The van der Waals surface area contributed by atoms with Crippen LogP contribution >= 0.6 is 11.3 Å². The van der Waals surface area contributed by atoms with Crippen LogP contribution in [0.2, 0.25) is 0 Å². The van der Waals surface area contributed by atoms with Crippen molar-refractivity contribution in [3.05, 3.63) is 21.9 Å². The minimum absolute atomic E-state index is 0.329. The van der Waals surface area contributed by atoms with E-state index in [0.29, 0.717) is 11.6 Å². The van der Waals surface area contributed by atoms with Gasteiger partial charge in [-0.2, -0.15) is 0 Å². The number of nitrogens with zero attached hydrogens (tertiary/aromatic N) is 1. The van der Waals surface area contributed by atoms with Crippen LogP contribution in [0.5, 0.6) is 0 Å². The molecule has 4 heteroatoms. The predicted octanol–water partition coefficient (Wildman–Crippen LogP) is 2.71. The standard InChI is InChI=1S/C14H22N2OS/c1-9(2)16(6-11-4-10(11)3)7-13-5-12(8-18-13)14(15)17/h5,8-11H,4,6-7H2,1-3H3,(H2,15,17)/t10-,11-/m1/s1.